The summed E-state index contributed by atoms with van der Waals surface area (Å²) in [6.45, 7) is 7.17. The molecule has 1 aromatic rings. The minimum Gasteiger partial charge on any atom is -0.478 e. The molecule has 0 atom stereocenters. The zero-order chi connectivity index (χ0) is 23.7. The molecule has 0 amide bonds. The van der Waals surface area contributed by atoms with E-state index in [4.69, 9.17) is 14.2 Å². The van der Waals surface area contributed by atoms with Crippen molar-refractivity contribution in [2.45, 2.75) is 104 Å². The predicted molar refractivity (Wildman–Crippen MR) is 126 cm³/mol. The molecular weight excluding hydrogens is 408 g/mol. The van der Waals surface area contributed by atoms with Crippen molar-refractivity contribution in [3.8, 4) is 0 Å². The quantitative estimate of drug-likeness (QED) is 0.139. The number of carbonyl (C=O) groups excluding carboxylic acids is 1. The summed E-state index contributed by atoms with van der Waals surface area (Å²) in [5, 5.41) is 9.43. The molecule has 182 valence electrons. The van der Waals surface area contributed by atoms with E-state index in [2.05, 4.69) is 13.8 Å². The molecule has 32 heavy (non-hydrogen) atoms. The van der Waals surface area contributed by atoms with Crippen molar-refractivity contribution in [3.63, 3.8) is 0 Å². The minimum atomic E-state index is -1.49. The van der Waals surface area contributed by atoms with E-state index in [1.165, 1.54) is 37.8 Å². The Bertz CT molecular complexity index is 641. The lowest BCUT2D eigenvalue weighted by Crippen LogP contribution is -2.42. The summed E-state index contributed by atoms with van der Waals surface area (Å²) in [5.41, 5.74) is -0.0967. The normalized spacial score (nSPS) is 11.5. The minimum absolute atomic E-state index is 0.00132. The smallest absolute Gasteiger partial charge is 0.343 e. The zero-order valence-corrected chi connectivity index (χ0v) is 20.2. The van der Waals surface area contributed by atoms with E-state index in [1.54, 1.807) is 12.1 Å². The highest BCUT2D eigenvalue weighted by Crippen LogP contribution is 2.26. The van der Waals surface area contributed by atoms with Gasteiger partial charge in [-0.15, -0.1) is 0 Å². The van der Waals surface area contributed by atoms with Crippen molar-refractivity contribution >= 4 is 11.9 Å². The van der Waals surface area contributed by atoms with Crippen LogP contribution in [0, 0.1) is 0 Å². The summed E-state index contributed by atoms with van der Waals surface area (Å²) < 4.78 is 17.9. The van der Waals surface area contributed by atoms with Crippen molar-refractivity contribution in [3.05, 3.63) is 35.4 Å². The largest absolute Gasteiger partial charge is 0.478 e. The monoisotopic (exact) mass is 450 g/mol. The lowest BCUT2D eigenvalue weighted by molar-refractivity contribution is -0.359. The molecule has 6 heteroatoms. The van der Waals surface area contributed by atoms with Crippen molar-refractivity contribution in [2.75, 3.05) is 13.2 Å². The third-order valence-electron chi connectivity index (χ3n) is 5.32. The second-order valence-electron chi connectivity index (χ2n) is 8.20. The fraction of sp³-hybridized carbons (Fsp3) is 0.692. The van der Waals surface area contributed by atoms with Crippen LogP contribution >= 0.6 is 0 Å². The van der Waals surface area contributed by atoms with Gasteiger partial charge in [0.25, 0.3) is 0 Å². The van der Waals surface area contributed by atoms with Gasteiger partial charge in [0.05, 0.1) is 24.3 Å². The van der Waals surface area contributed by atoms with Gasteiger partial charge in [0, 0.05) is 6.42 Å². The first-order valence-electron chi connectivity index (χ1n) is 12.3. The van der Waals surface area contributed by atoms with E-state index in [1.807, 2.05) is 6.92 Å². The molecule has 0 aliphatic rings. The lowest BCUT2D eigenvalue weighted by atomic mass is 10.1. The molecule has 0 fully saturated rings. The fourth-order valence-electron chi connectivity index (χ4n) is 3.51. The molecule has 0 aromatic heterocycles. The molecule has 0 heterocycles. The SMILES string of the molecule is CCCCCCCOC(CCC)(OCCCCCCC)OC(=O)c1ccccc1C(=O)O. The molecule has 0 saturated carbocycles. The maximum Gasteiger partial charge on any atom is 0.343 e. The number of hydrogen-bond acceptors (Lipinski definition) is 5. The zero-order valence-electron chi connectivity index (χ0n) is 20.2. The Morgan fingerprint density at radius 3 is 1.72 bits per heavy atom. The highest BCUT2D eigenvalue weighted by atomic mass is 16.9. The van der Waals surface area contributed by atoms with Crippen molar-refractivity contribution < 1.29 is 28.9 Å². The summed E-state index contributed by atoms with van der Waals surface area (Å²) in [7, 11) is 0. The Morgan fingerprint density at radius 1 is 0.750 bits per heavy atom. The fourth-order valence-corrected chi connectivity index (χ4v) is 3.51. The van der Waals surface area contributed by atoms with Gasteiger partial charge in [0.2, 0.25) is 0 Å². The van der Waals surface area contributed by atoms with Crippen molar-refractivity contribution in [1.29, 1.82) is 0 Å². The van der Waals surface area contributed by atoms with E-state index in [-0.39, 0.29) is 11.1 Å². The third-order valence-corrected chi connectivity index (χ3v) is 5.32. The van der Waals surface area contributed by atoms with E-state index in [9.17, 15) is 14.7 Å². The number of carboxylic acids is 1. The van der Waals surface area contributed by atoms with Crippen LogP contribution in [-0.2, 0) is 14.2 Å². The molecule has 0 spiro atoms. The van der Waals surface area contributed by atoms with Crippen LogP contribution in [0.2, 0.25) is 0 Å². The van der Waals surface area contributed by atoms with Gasteiger partial charge >= 0.3 is 17.9 Å². The number of carboxylic acid groups (broad SMARTS) is 1. The number of carbonyl (C=O) groups is 2. The number of benzene rings is 1. The standard InChI is InChI=1S/C26H42O6/c1-4-7-9-11-15-20-30-26(19-6-3,31-21-16-12-10-8-5-2)32-25(29)23-18-14-13-17-22(23)24(27)28/h13-14,17-18H,4-12,15-16,19-21H2,1-3H3,(H,27,28). The van der Waals surface area contributed by atoms with Crippen molar-refractivity contribution in [2.24, 2.45) is 0 Å². The molecular formula is C26H42O6. The van der Waals surface area contributed by atoms with Crippen LogP contribution < -0.4 is 0 Å². The van der Waals surface area contributed by atoms with Crippen LogP contribution in [0.4, 0.5) is 0 Å². The van der Waals surface area contributed by atoms with Crippen LogP contribution in [0.1, 0.15) is 119 Å². The maximum absolute atomic E-state index is 13.0. The average Bonchev–Trinajstić information content (AvgIpc) is 2.78. The number of hydrogen-bond donors (Lipinski definition) is 1. The third kappa shape index (κ3) is 10.6. The molecule has 1 N–H and O–H groups in total. The highest BCUT2D eigenvalue weighted by molar-refractivity contribution is 6.02. The molecule has 1 aromatic carbocycles. The number of rotatable bonds is 19. The Morgan fingerprint density at radius 2 is 1.25 bits per heavy atom. The van der Waals surface area contributed by atoms with Crippen LogP contribution in [0.3, 0.4) is 0 Å². The van der Waals surface area contributed by atoms with Crippen LogP contribution in [0.5, 0.6) is 0 Å². The summed E-state index contributed by atoms with van der Waals surface area (Å²) in [6.07, 6.45) is 11.9. The van der Waals surface area contributed by atoms with E-state index in [0.29, 0.717) is 26.1 Å². The van der Waals surface area contributed by atoms with Gasteiger partial charge in [-0.1, -0.05) is 84.3 Å². The molecule has 6 nitrogen and oxygen atoms in total. The van der Waals surface area contributed by atoms with Gasteiger partial charge in [-0.25, -0.2) is 9.59 Å². The first kappa shape index (κ1) is 28.1. The van der Waals surface area contributed by atoms with Gasteiger partial charge in [0.15, 0.2) is 0 Å². The Kier molecular flexibility index (Phi) is 14.7. The van der Waals surface area contributed by atoms with Gasteiger partial charge in [-0.05, 0) is 31.4 Å². The van der Waals surface area contributed by atoms with Crippen molar-refractivity contribution in [1.82, 2.24) is 0 Å². The van der Waals surface area contributed by atoms with Gasteiger partial charge in [-0.3, -0.25) is 0 Å². The van der Waals surface area contributed by atoms with Crippen LogP contribution in [0.25, 0.3) is 0 Å². The first-order valence-corrected chi connectivity index (χ1v) is 12.3. The summed E-state index contributed by atoms with van der Waals surface area (Å²) in [6, 6.07) is 6.05. The predicted octanol–water partition coefficient (Wildman–Crippen LogP) is 6.97. The van der Waals surface area contributed by atoms with Gasteiger partial charge in [0.1, 0.15) is 0 Å². The molecule has 0 aliphatic carbocycles. The number of esters is 1. The second-order valence-corrected chi connectivity index (χ2v) is 8.20. The Hall–Kier alpha value is -1.92. The first-order chi connectivity index (χ1) is 15.5. The number of ether oxygens (including phenoxy) is 3. The second kappa shape index (κ2) is 16.7. The summed E-state index contributed by atoms with van der Waals surface area (Å²) >= 11 is 0. The Balaban J connectivity index is 2.89. The van der Waals surface area contributed by atoms with E-state index in [0.717, 1.165) is 38.5 Å². The number of unbranched alkanes of at least 4 members (excludes halogenated alkanes) is 8. The highest BCUT2D eigenvalue weighted by Gasteiger charge is 2.37. The number of aromatic carboxylic acids is 1. The molecule has 1 rings (SSSR count). The molecule has 0 bridgehead atoms. The Labute approximate surface area is 193 Å². The lowest BCUT2D eigenvalue weighted by Gasteiger charge is -2.33. The van der Waals surface area contributed by atoms with Gasteiger partial charge in [-0.2, -0.15) is 0 Å². The van der Waals surface area contributed by atoms with E-state index >= 15 is 0 Å². The summed E-state index contributed by atoms with van der Waals surface area (Å²) in [5.74, 6) is -3.41. The maximum atomic E-state index is 13.0. The molecule has 0 aliphatic heterocycles. The summed E-state index contributed by atoms with van der Waals surface area (Å²) in [4.78, 5) is 24.5. The molecule has 0 radical (unpaired) electrons. The van der Waals surface area contributed by atoms with Crippen LogP contribution in [0.15, 0.2) is 24.3 Å². The van der Waals surface area contributed by atoms with E-state index < -0.39 is 17.9 Å². The molecule has 0 unspecified atom stereocenters. The average molecular weight is 451 g/mol. The molecule has 0 saturated heterocycles. The topological polar surface area (TPSA) is 82.1 Å². The van der Waals surface area contributed by atoms with Crippen LogP contribution in [-0.4, -0.2) is 36.2 Å². The van der Waals surface area contributed by atoms with Gasteiger partial charge < -0.3 is 19.3 Å².